The summed E-state index contributed by atoms with van der Waals surface area (Å²) in [4.78, 5) is 11.7. The fourth-order valence-electron chi connectivity index (χ4n) is 1.84. The normalized spacial score (nSPS) is 9.81. The molecule has 108 valence electrons. The molecule has 0 aliphatic rings. The lowest BCUT2D eigenvalue weighted by atomic mass is 10.2. The van der Waals surface area contributed by atoms with Crippen LogP contribution in [0, 0.1) is 18.8 Å². The molecular formula is C17H18N2O2. The number of hydrogen-bond donors (Lipinski definition) is 1. The number of rotatable bonds is 4. The highest BCUT2D eigenvalue weighted by Gasteiger charge is 1.98. The van der Waals surface area contributed by atoms with E-state index in [-0.39, 0.29) is 5.56 Å². The highest BCUT2D eigenvalue weighted by atomic mass is 16.5. The minimum absolute atomic E-state index is 0.00833. The lowest BCUT2D eigenvalue weighted by Gasteiger charge is -2.08. The Kier molecular flexibility index (Phi) is 5.19. The van der Waals surface area contributed by atoms with Gasteiger partial charge in [-0.1, -0.05) is 11.8 Å². The van der Waals surface area contributed by atoms with Crippen molar-refractivity contribution in [2.75, 3.05) is 13.2 Å². The Morgan fingerprint density at radius 2 is 2.00 bits per heavy atom. The molecule has 0 atom stereocenters. The Hall–Kier alpha value is -2.51. The molecule has 21 heavy (non-hydrogen) atoms. The number of nitrogens with zero attached hydrogens (tertiary/aromatic N) is 1. The molecule has 0 saturated heterocycles. The molecule has 4 nitrogen and oxygen atoms in total. The first-order valence-electron chi connectivity index (χ1n) is 6.78. The van der Waals surface area contributed by atoms with E-state index in [1.807, 2.05) is 37.3 Å². The predicted octanol–water partition coefficient (Wildman–Crippen LogP) is 1.55. The van der Waals surface area contributed by atoms with Gasteiger partial charge in [-0.3, -0.25) is 4.79 Å². The van der Waals surface area contributed by atoms with Crippen molar-refractivity contribution in [3.63, 3.8) is 0 Å². The van der Waals surface area contributed by atoms with E-state index in [4.69, 9.17) is 10.5 Å². The van der Waals surface area contributed by atoms with Gasteiger partial charge in [0.1, 0.15) is 12.4 Å². The van der Waals surface area contributed by atoms with Crippen molar-refractivity contribution >= 4 is 0 Å². The Morgan fingerprint density at radius 1 is 1.24 bits per heavy atom. The number of aryl methyl sites for hydroxylation is 1. The van der Waals surface area contributed by atoms with Crippen LogP contribution in [0.15, 0.2) is 47.4 Å². The number of benzene rings is 1. The zero-order valence-electron chi connectivity index (χ0n) is 12.0. The smallest absolute Gasteiger partial charge is 0.250 e. The quantitative estimate of drug-likeness (QED) is 0.866. The van der Waals surface area contributed by atoms with Crippen molar-refractivity contribution in [2.45, 2.75) is 13.5 Å². The van der Waals surface area contributed by atoms with Crippen LogP contribution in [0.5, 0.6) is 5.75 Å². The molecule has 2 rings (SSSR count). The van der Waals surface area contributed by atoms with Crippen LogP contribution in [0.25, 0.3) is 0 Å². The van der Waals surface area contributed by atoms with Crippen LogP contribution in [-0.4, -0.2) is 17.7 Å². The number of aromatic nitrogens is 1. The SMILES string of the molecule is Cc1ccn(CCOc2ccc(C#CCN)cc2)c(=O)c1. The van der Waals surface area contributed by atoms with Gasteiger partial charge in [0.25, 0.3) is 5.56 Å². The second-order valence-electron chi connectivity index (χ2n) is 4.61. The molecule has 0 fully saturated rings. The number of hydrogen-bond acceptors (Lipinski definition) is 3. The van der Waals surface area contributed by atoms with Gasteiger partial charge in [-0.25, -0.2) is 0 Å². The molecule has 0 spiro atoms. The van der Waals surface area contributed by atoms with Crippen molar-refractivity contribution in [1.29, 1.82) is 0 Å². The standard InChI is InChI=1S/C17H18N2O2/c1-14-8-10-19(17(20)13-14)11-12-21-16-6-4-15(5-7-16)3-2-9-18/h4-8,10,13H,9,11-12,18H2,1H3. The van der Waals surface area contributed by atoms with Gasteiger partial charge in [0.2, 0.25) is 0 Å². The van der Waals surface area contributed by atoms with Gasteiger partial charge in [0, 0.05) is 17.8 Å². The van der Waals surface area contributed by atoms with Crippen LogP contribution in [0.3, 0.4) is 0 Å². The van der Waals surface area contributed by atoms with Crippen LogP contribution in [0.1, 0.15) is 11.1 Å². The first-order chi connectivity index (χ1) is 10.2. The van der Waals surface area contributed by atoms with Gasteiger partial charge in [0.05, 0.1) is 13.1 Å². The summed E-state index contributed by atoms with van der Waals surface area (Å²) >= 11 is 0. The van der Waals surface area contributed by atoms with Crippen molar-refractivity contribution in [2.24, 2.45) is 5.73 Å². The number of nitrogens with two attached hydrogens (primary N) is 1. The molecule has 2 aromatic rings. The van der Waals surface area contributed by atoms with E-state index in [1.165, 1.54) is 0 Å². The average Bonchev–Trinajstić information content (AvgIpc) is 2.48. The maximum atomic E-state index is 11.7. The molecule has 0 unspecified atom stereocenters. The number of pyridine rings is 1. The fraction of sp³-hybridized carbons (Fsp3) is 0.235. The van der Waals surface area contributed by atoms with Crippen LogP contribution in [0.2, 0.25) is 0 Å². The zero-order valence-corrected chi connectivity index (χ0v) is 12.0. The average molecular weight is 282 g/mol. The minimum Gasteiger partial charge on any atom is -0.492 e. The van der Waals surface area contributed by atoms with E-state index in [0.29, 0.717) is 19.7 Å². The Labute approximate surface area is 124 Å². The molecule has 1 aromatic carbocycles. The summed E-state index contributed by atoms with van der Waals surface area (Å²) in [7, 11) is 0. The molecule has 2 N–H and O–H groups in total. The lowest BCUT2D eigenvalue weighted by molar-refractivity contribution is 0.296. The Morgan fingerprint density at radius 3 is 2.67 bits per heavy atom. The summed E-state index contributed by atoms with van der Waals surface area (Å²) in [5, 5.41) is 0. The van der Waals surface area contributed by atoms with E-state index in [9.17, 15) is 4.79 Å². The van der Waals surface area contributed by atoms with Crippen molar-refractivity contribution in [3.05, 3.63) is 64.1 Å². The minimum atomic E-state index is -0.00833. The highest BCUT2D eigenvalue weighted by molar-refractivity contribution is 5.38. The Bertz CT molecular complexity index is 706. The summed E-state index contributed by atoms with van der Waals surface area (Å²) in [6.45, 7) is 3.21. The summed E-state index contributed by atoms with van der Waals surface area (Å²) in [5.74, 6) is 6.51. The third kappa shape index (κ3) is 4.51. The molecule has 0 bridgehead atoms. The lowest BCUT2D eigenvalue weighted by Crippen LogP contribution is -2.21. The maximum Gasteiger partial charge on any atom is 0.250 e. The van der Waals surface area contributed by atoms with Gasteiger partial charge >= 0.3 is 0 Å². The van der Waals surface area contributed by atoms with Crippen molar-refractivity contribution in [3.8, 4) is 17.6 Å². The topological polar surface area (TPSA) is 57.2 Å². The second-order valence-corrected chi connectivity index (χ2v) is 4.61. The van der Waals surface area contributed by atoms with Crippen LogP contribution in [-0.2, 0) is 6.54 Å². The largest absolute Gasteiger partial charge is 0.492 e. The Balaban J connectivity index is 1.90. The maximum absolute atomic E-state index is 11.7. The summed E-state index contributed by atoms with van der Waals surface area (Å²) in [6.07, 6.45) is 1.78. The van der Waals surface area contributed by atoms with E-state index in [0.717, 1.165) is 16.9 Å². The van der Waals surface area contributed by atoms with E-state index < -0.39 is 0 Å². The van der Waals surface area contributed by atoms with Gasteiger partial charge in [-0.2, -0.15) is 0 Å². The first-order valence-corrected chi connectivity index (χ1v) is 6.78. The van der Waals surface area contributed by atoms with Crippen molar-refractivity contribution in [1.82, 2.24) is 4.57 Å². The van der Waals surface area contributed by atoms with E-state index in [1.54, 1.807) is 16.8 Å². The van der Waals surface area contributed by atoms with Crippen LogP contribution >= 0.6 is 0 Å². The van der Waals surface area contributed by atoms with Crippen LogP contribution in [0.4, 0.5) is 0 Å². The zero-order chi connectivity index (χ0) is 15.1. The molecule has 0 saturated carbocycles. The highest BCUT2D eigenvalue weighted by Crippen LogP contribution is 2.11. The molecule has 1 aromatic heterocycles. The third-order valence-corrected chi connectivity index (χ3v) is 2.94. The molecule has 4 heteroatoms. The number of ether oxygens (including phenoxy) is 1. The molecule has 0 radical (unpaired) electrons. The molecular weight excluding hydrogens is 264 g/mol. The summed E-state index contributed by atoms with van der Waals surface area (Å²) in [5.41, 5.74) is 7.18. The van der Waals surface area contributed by atoms with E-state index in [2.05, 4.69) is 11.8 Å². The van der Waals surface area contributed by atoms with Gasteiger partial charge < -0.3 is 15.0 Å². The van der Waals surface area contributed by atoms with Gasteiger partial charge in [-0.15, -0.1) is 0 Å². The molecule has 1 heterocycles. The molecule has 0 aliphatic heterocycles. The fourth-order valence-corrected chi connectivity index (χ4v) is 1.84. The predicted molar refractivity (Wildman–Crippen MR) is 83.3 cm³/mol. The van der Waals surface area contributed by atoms with Gasteiger partial charge in [-0.05, 0) is 42.8 Å². The van der Waals surface area contributed by atoms with E-state index >= 15 is 0 Å². The summed E-state index contributed by atoms with van der Waals surface area (Å²) in [6, 6.07) is 11.0. The molecule has 0 aliphatic carbocycles. The molecule has 0 amide bonds. The first kappa shape index (κ1) is 14.9. The monoisotopic (exact) mass is 282 g/mol. The second kappa shape index (κ2) is 7.32. The summed E-state index contributed by atoms with van der Waals surface area (Å²) < 4.78 is 7.26. The van der Waals surface area contributed by atoms with Gasteiger partial charge in [0.15, 0.2) is 0 Å². The van der Waals surface area contributed by atoms with Crippen LogP contribution < -0.4 is 16.0 Å². The third-order valence-electron chi connectivity index (χ3n) is 2.94. The van der Waals surface area contributed by atoms with Crippen molar-refractivity contribution < 1.29 is 4.74 Å².